The summed E-state index contributed by atoms with van der Waals surface area (Å²) in [5.41, 5.74) is 7.26. The fourth-order valence-electron chi connectivity index (χ4n) is 2.76. The van der Waals surface area contributed by atoms with Crippen LogP contribution in [0.5, 0.6) is 0 Å². The Balaban J connectivity index is 2.12. The topological polar surface area (TPSA) is 15.3 Å². The van der Waals surface area contributed by atoms with E-state index >= 15 is 0 Å². The zero-order valence-electron chi connectivity index (χ0n) is 10.9. The third kappa shape index (κ3) is 2.46. The van der Waals surface area contributed by atoms with Gasteiger partial charge in [-0.15, -0.1) is 0 Å². The largest absolute Gasteiger partial charge is 0.311 e. The van der Waals surface area contributed by atoms with E-state index in [2.05, 4.69) is 59.9 Å². The van der Waals surface area contributed by atoms with Gasteiger partial charge in [-0.1, -0.05) is 41.9 Å². The maximum atomic E-state index is 6.19. The smallest absolute Gasteiger partial charge is 0.0555 e. The lowest BCUT2D eigenvalue weighted by molar-refractivity contribution is 0.635. The van der Waals surface area contributed by atoms with Crippen molar-refractivity contribution >= 4 is 17.3 Å². The first-order valence-electron chi connectivity index (χ1n) is 6.57. The Morgan fingerprint density at radius 3 is 2.74 bits per heavy atom. The van der Waals surface area contributed by atoms with Crippen LogP contribution >= 0.6 is 11.6 Å². The van der Waals surface area contributed by atoms with Crippen LogP contribution in [0.25, 0.3) is 0 Å². The van der Waals surface area contributed by atoms with Crippen molar-refractivity contribution in [2.24, 2.45) is 0 Å². The molecule has 1 atom stereocenters. The van der Waals surface area contributed by atoms with Crippen LogP contribution in [-0.2, 0) is 0 Å². The molecule has 1 heterocycles. The van der Waals surface area contributed by atoms with Crippen LogP contribution in [-0.4, -0.2) is 13.6 Å². The summed E-state index contributed by atoms with van der Waals surface area (Å²) in [5, 5.41) is 2.89. The van der Waals surface area contributed by atoms with Gasteiger partial charge in [0.15, 0.2) is 0 Å². The van der Waals surface area contributed by atoms with Crippen LogP contribution in [0.2, 0.25) is 5.02 Å². The first-order valence-corrected chi connectivity index (χ1v) is 6.95. The minimum absolute atomic E-state index is 0.396. The van der Waals surface area contributed by atoms with Gasteiger partial charge in [-0.2, -0.15) is 0 Å². The third-order valence-corrected chi connectivity index (χ3v) is 3.95. The van der Waals surface area contributed by atoms with E-state index in [-0.39, 0.29) is 0 Å². The maximum Gasteiger partial charge on any atom is 0.0555 e. The summed E-state index contributed by atoms with van der Waals surface area (Å²) in [5.74, 6) is 0.396. The number of halogens is 1. The van der Waals surface area contributed by atoms with Crippen LogP contribution in [0.4, 0.5) is 5.69 Å². The van der Waals surface area contributed by atoms with Crippen LogP contribution < -0.4 is 10.4 Å². The van der Waals surface area contributed by atoms with Gasteiger partial charge < -0.3 is 5.01 Å². The fraction of sp³-hybridized carbons (Fsp3) is 0.250. The molecule has 0 spiro atoms. The number of hydrogen-bond donors (Lipinski definition) is 1. The summed E-state index contributed by atoms with van der Waals surface area (Å²) in [7, 11) is 2.06. The maximum absolute atomic E-state index is 6.19. The first kappa shape index (κ1) is 12.5. The lowest BCUT2D eigenvalue weighted by atomic mass is 9.88. The second-order valence-corrected chi connectivity index (χ2v) is 5.36. The molecular formula is C16H17ClN2. The average molecular weight is 273 g/mol. The molecule has 2 aromatic carbocycles. The van der Waals surface area contributed by atoms with Crippen LogP contribution in [0.1, 0.15) is 23.5 Å². The molecule has 0 bridgehead atoms. The van der Waals surface area contributed by atoms with Gasteiger partial charge in [0.2, 0.25) is 0 Å². The summed E-state index contributed by atoms with van der Waals surface area (Å²) < 4.78 is 0. The lowest BCUT2D eigenvalue weighted by Gasteiger charge is -2.22. The number of nitrogens with zero attached hydrogens (tertiary/aromatic N) is 1. The van der Waals surface area contributed by atoms with Crippen molar-refractivity contribution in [1.29, 1.82) is 0 Å². The average Bonchev–Trinajstić information content (AvgIpc) is 2.59. The van der Waals surface area contributed by atoms with Gasteiger partial charge in [0.25, 0.3) is 0 Å². The molecule has 0 aromatic heterocycles. The first-order chi connectivity index (χ1) is 9.25. The Hall–Kier alpha value is -1.51. The zero-order chi connectivity index (χ0) is 13.2. The molecule has 19 heavy (non-hydrogen) atoms. The van der Waals surface area contributed by atoms with Crippen molar-refractivity contribution in [3.8, 4) is 0 Å². The molecular weight excluding hydrogens is 256 g/mol. The molecule has 1 unspecified atom stereocenters. The molecule has 0 fully saturated rings. The van der Waals surface area contributed by atoms with Gasteiger partial charge in [0.1, 0.15) is 0 Å². The van der Waals surface area contributed by atoms with Gasteiger partial charge in [-0.05, 0) is 35.7 Å². The molecule has 1 aliphatic heterocycles. The van der Waals surface area contributed by atoms with Gasteiger partial charge in [-0.3, -0.25) is 0 Å². The molecule has 0 saturated heterocycles. The van der Waals surface area contributed by atoms with Gasteiger partial charge in [0.05, 0.1) is 5.69 Å². The molecule has 0 radical (unpaired) electrons. The molecule has 0 saturated carbocycles. The number of anilines is 1. The Labute approximate surface area is 119 Å². The molecule has 0 aliphatic carbocycles. The molecule has 98 valence electrons. The van der Waals surface area contributed by atoms with E-state index in [1.54, 1.807) is 0 Å². The summed E-state index contributed by atoms with van der Waals surface area (Å²) in [4.78, 5) is 0. The Morgan fingerprint density at radius 1 is 1.16 bits per heavy atom. The van der Waals surface area contributed by atoms with Crippen molar-refractivity contribution < 1.29 is 0 Å². The summed E-state index contributed by atoms with van der Waals surface area (Å²) in [6.45, 7) is 0.961. The summed E-state index contributed by atoms with van der Waals surface area (Å²) in [6, 6.07) is 16.8. The minimum Gasteiger partial charge on any atom is -0.311 e. The second kappa shape index (κ2) is 5.24. The van der Waals surface area contributed by atoms with E-state index in [0.717, 1.165) is 18.0 Å². The van der Waals surface area contributed by atoms with Crippen molar-refractivity contribution in [3.63, 3.8) is 0 Å². The Morgan fingerprint density at radius 2 is 1.95 bits per heavy atom. The molecule has 2 aromatic rings. The van der Waals surface area contributed by atoms with E-state index in [9.17, 15) is 0 Å². The SMILES string of the molecule is CN1NCCC(c2ccccc2)c2cc(Cl)ccc21. The monoisotopic (exact) mass is 272 g/mol. The molecule has 2 nitrogen and oxygen atoms in total. The Kier molecular flexibility index (Phi) is 3.45. The number of nitrogens with one attached hydrogen (secondary N) is 1. The van der Waals surface area contributed by atoms with E-state index in [1.165, 1.54) is 16.8 Å². The summed E-state index contributed by atoms with van der Waals surface area (Å²) in [6.07, 6.45) is 1.07. The lowest BCUT2D eigenvalue weighted by Crippen LogP contribution is -2.33. The molecule has 1 aliphatic rings. The van der Waals surface area contributed by atoms with E-state index in [0.29, 0.717) is 5.92 Å². The predicted molar refractivity (Wildman–Crippen MR) is 80.8 cm³/mol. The molecule has 3 heteroatoms. The minimum atomic E-state index is 0.396. The highest BCUT2D eigenvalue weighted by Crippen LogP contribution is 2.37. The number of benzene rings is 2. The van der Waals surface area contributed by atoms with Gasteiger partial charge in [0, 0.05) is 24.5 Å². The third-order valence-electron chi connectivity index (χ3n) is 3.71. The van der Waals surface area contributed by atoms with Gasteiger partial charge in [-0.25, -0.2) is 5.43 Å². The van der Waals surface area contributed by atoms with Crippen LogP contribution in [0.15, 0.2) is 48.5 Å². The second-order valence-electron chi connectivity index (χ2n) is 4.92. The quantitative estimate of drug-likeness (QED) is 0.849. The van der Waals surface area contributed by atoms with Crippen molar-refractivity contribution in [1.82, 2.24) is 5.43 Å². The van der Waals surface area contributed by atoms with E-state index in [1.807, 2.05) is 6.07 Å². The molecule has 1 N–H and O–H groups in total. The zero-order valence-corrected chi connectivity index (χ0v) is 11.7. The van der Waals surface area contributed by atoms with Crippen molar-refractivity contribution in [2.75, 3.05) is 18.6 Å². The highest BCUT2D eigenvalue weighted by molar-refractivity contribution is 6.30. The van der Waals surface area contributed by atoms with Crippen LogP contribution in [0.3, 0.4) is 0 Å². The Bertz CT molecular complexity index is 568. The predicted octanol–water partition coefficient (Wildman–Crippen LogP) is 3.82. The molecule has 0 amide bonds. The standard InChI is InChI=1S/C16H17ClN2/c1-19-16-8-7-13(17)11-15(16)14(9-10-18-19)12-5-3-2-4-6-12/h2-8,11,14,18H,9-10H2,1H3. The van der Waals surface area contributed by atoms with Crippen molar-refractivity contribution in [3.05, 3.63) is 64.7 Å². The van der Waals surface area contributed by atoms with E-state index in [4.69, 9.17) is 11.6 Å². The highest BCUT2D eigenvalue weighted by atomic mass is 35.5. The number of rotatable bonds is 1. The van der Waals surface area contributed by atoms with Gasteiger partial charge >= 0.3 is 0 Å². The van der Waals surface area contributed by atoms with E-state index < -0.39 is 0 Å². The number of hydrazine groups is 1. The highest BCUT2D eigenvalue weighted by Gasteiger charge is 2.22. The van der Waals surface area contributed by atoms with Crippen LogP contribution in [0, 0.1) is 0 Å². The number of hydrogen-bond acceptors (Lipinski definition) is 2. The van der Waals surface area contributed by atoms with Crippen molar-refractivity contribution in [2.45, 2.75) is 12.3 Å². The summed E-state index contributed by atoms with van der Waals surface area (Å²) >= 11 is 6.19. The fourth-order valence-corrected chi connectivity index (χ4v) is 2.94. The molecule has 3 rings (SSSR count). The normalized spacial score (nSPS) is 18.8. The number of fused-ring (bicyclic) bond motifs is 1.